The molecule has 0 fully saturated rings. The molecule has 0 radical (unpaired) electrons. The number of rotatable bonds is 4. The zero-order valence-corrected chi connectivity index (χ0v) is 10.3. The molecule has 0 spiro atoms. The van der Waals surface area contributed by atoms with E-state index >= 15 is 0 Å². The molecule has 0 aliphatic rings. The van der Waals surface area contributed by atoms with Gasteiger partial charge in [0.05, 0.1) is 6.10 Å². The van der Waals surface area contributed by atoms with Gasteiger partial charge in [0.25, 0.3) is 0 Å². The Bertz CT molecular complexity index is 399. The fraction of sp³-hybridized carbons (Fsp3) is 0.308. The Morgan fingerprint density at radius 2 is 1.94 bits per heavy atom. The Kier molecular flexibility index (Phi) is 5.07. The van der Waals surface area contributed by atoms with E-state index in [0.29, 0.717) is 11.5 Å². The Hall–Kier alpha value is -1.97. The van der Waals surface area contributed by atoms with Crippen LogP contribution in [0.25, 0.3) is 0 Å². The van der Waals surface area contributed by atoms with E-state index in [1.807, 2.05) is 19.9 Å². The Labute approximate surface area is 101 Å². The van der Waals surface area contributed by atoms with Gasteiger partial charge >= 0.3 is 6.09 Å². The molecule has 1 aromatic rings. The predicted octanol–water partition coefficient (Wildman–Crippen LogP) is 3.10. The van der Waals surface area contributed by atoms with Crippen LogP contribution in [0.3, 0.4) is 0 Å². The number of benzene rings is 1. The number of para-hydroxylation sites is 2. The minimum atomic E-state index is -0.539. The van der Waals surface area contributed by atoms with Crippen molar-refractivity contribution in [1.82, 2.24) is 5.32 Å². The summed E-state index contributed by atoms with van der Waals surface area (Å²) in [5.41, 5.74) is 0. The molecule has 0 bridgehead atoms. The highest BCUT2D eigenvalue weighted by Crippen LogP contribution is 2.27. The lowest BCUT2D eigenvalue weighted by molar-refractivity contribution is 0.195. The summed E-state index contributed by atoms with van der Waals surface area (Å²) in [5, 5.41) is 2.46. The van der Waals surface area contributed by atoms with Gasteiger partial charge in [-0.3, -0.25) is 5.32 Å². The number of ether oxygens (including phenoxy) is 2. The first-order valence-electron chi connectivity index (χ1n) is 5.48. The van der Waals surface area contributed by atoms with Crippen molar-refractivity contribution in [2.45, 2.75) is 26.9 Å². The van der Waals surface area contributed by atoms with E-state index in [0.717, 1.165) is 0 Å². The summed E-state index contributed by atoms with van der Waals surface area (Å²) in [5.74, 6) is 0.960. The molecule has 0 atom stereocenters. The zero-order chi connectivity index (χ0) is 12.7. The molecule has 1 rings (SSSR count). The molecule has 1 aromatic carbocycles. The molecule has 0 saturated heterocycles. The van der Waals surface area contributed by atoms with Gasteiger partial charge in [-0.1, -0.05) is 18.2 Å². The first-order valence-corrected chi connectivity index (χ1v) is 5.48. The SMILES string of the molecule is CC=CNC(=O)Oc1ccccc1OC(C)C. The van der Waals surface area contributed by atoms with Crippen LogP contribution < -0.4 is 14.8 Å². The number of allylic oxidation sites excluding steroid dienone is 1. The molecule has 4 nitrogen and oxygen atoms in total. The van der Waals surface area contributed by atoms with Gasteiger partial charge < -0.3 is 9.47 Å². The average Bonchev–Trinajstić information content (AvgIpc) is 2.28. The standard InChI is InChI=1S/C13H17NO3/c1-4-9-14-13(15)17-12-8-6-5-7-11(12)16-10(2)3/h4-10H,1-3H3,(H,14,15). The van der Waals surface area contributed by atoms with Crippen molar-refractivity contribution in [1.29, 1.82) is 0 Å². The Balaban J connectivity index is 2.72. The molecule has 4 heteroatoms. The average molecular weight is 235 g/mol. The van der Waals surface area contributed by atoms with E-state index in [4.69, 9.17) is 9.47 Å². The molecule has 0 saturated carbocycles. The van der Waals surface area contributed by atoms with Crippen LogP contribution in [0, 0.1) is 0 Å². The number of amides is 1. The summed E-state index contributed by atoms with van der Waals surface area (Å²) in [6.07, 6.45) is 2.70. The quantitative estimate of drug-likeness (QED) is 0.872. The molecule has 92 valence electrons. The summed E-state index contributed by atoms with van der Waals surface area (Å²) in [7, 11) is 0. The molecule has 17 heavy (non-hydrogen) atoms. The third kappa shape index (κ3) is 4.59. The van der Waals surface area contributed by atoms with Gasteiger partial charge in [-0.25, -0.2) is 4.79 Å². The molecule has 1 N–H and O–H groups in total. The molecule has 0 aliphatic carbocycles. The number of carbonyl (C=O) groups excluding carboxylic acids is 1. The van der Waals surface area contributed by atoms with Crippen LogP contribution >= 0.6 is 0 Å². The highest BCUT2D eigenvalue weighted by molar-refractivity contribution is 5.72. The van der Waals surface area contributed by atoms with E-state index in [1.54, 1.807) is 31.2 Å². The maximum Gasteiger partial charge on any atom is 0.416 e. The van der Waals surface area contributed by atoms with Gasteiger partial charge in [0.2, 0.25) is 0 Å². The molecule has 0 unspecified atom stereocenters. The number of hydrogen-bond donors (Lipinski definition) is 1. The van der Waals surface area contributed by atoms with Gasteiger partial charge in [0.15, 0.2) is 11.5 Å². The van der Waals surface area contributed by atoms with E-state index in [9.17, 15) is 4.79 Å². The number of hydrogen-bond acceptors (Lipinski definition) is 3. The minimum Gasteiger partial charge on any atom is -0.487 e. The third-order valence-electron chi connectivity index (χ3n) is 1.78. The zero-order valence-electron chi connectivity index (χ0n) is 10.3. The summed E-state index contributed by atoms with van der Waals surface area (Å²) in [4.78, 5) is 11.4. The molecule has 0 aromatic heterocycles. The second-order valence-electron chi connectivity index (χ2n) is 3.65. The molecule has 0 aliphatic heterocycles. The van der Waals surface area contributed by atoms with E-state index in [1.165, 1.54) is 6.20 Å². The van der Waals surface area contributed by atoms with Crippen LogP contribution in [0.15, 0.2) is 36.5 Å². The highest BCUT2D eigenvalue weighted by Gasteiger charge is 2.09. The monoisotopic (exact) mass is 235 g/mol. The molecular weight excluding hydrogens is 218 g/mol. The van der Waals surface area contributed by atoms with Crippen molar-refractivity contribution in [3.63, 3.8) is 0 Å². The normalized spacial score (nSPS) is 10.6. The van der Waals surface area contributed by atoms with Crippen molar-refractivity contribution < 1.29 is 14.3 Å². The summed E-state index contributed by atoms with van der Waals surface area (Å²) in [6.45, 7) is 5.63. The lowest BCUT2D eigenvalue weighted by Crippen LogP contribution is -2.21. The molecule has 0 heterocycles. The fourth-order valence-electron chi connectivity index (χ4n) is 1.17. The summed E-state index contributed by atoms with van der Waals surface area (Å²) < 4.78 is 10.6. The smallest absolute Gasteiger partial charge is 0.416 e. The lowest BCUT2D eigenvalue weighted by atomic mass is 10.3. The maximum absolute atomic E-state index is 11.4. The Morgan fingerprint density at radius 3 is 2.53 bits per heavy atom. The summed E-state index contributed by atoms with van der Waals surface area (Å²) in [6, 6.07) is 7.06. The molecular formula is C13H17NO3. The first-order chi connectivity index (χ1) is 8.13. The largest absolute Gasteiger partial charge is 0.487 e. The van der Waals surface area contributed by atoms with Gasteiger partial charge in [0.1, 0.15) is 0 Å². The maximum atomic E-state index is 11.4. The lowest BCUT2D eigenvalue weighted by Gasteiger charge is -2.13. The summed E-state index contributed by atoms with van der Waals surface area (Å²) >= 11 is 0. The van der Waals surface area contributed by atoms with Crippen molar-refractivity contribution in [3.05, 3.63) is 36.5 Å². The molecule has 1 amide bonds. The fourth-order valence-corrected chi connectivity index (χ4v) is 1.17. The van der Waals surface area contributed by atoms with Gasteiger partial charge in [-0.2, -0.15) is 0 Å². The van der Waals surface area contributed by atoms with Gasteiger partial charge in [0, 0.05) is 6.20 Å². The first kappa shape index (κ1) is 13.1. The second kappa shape index (κ2) is 6.58. The third-order valence-corrected chi connectivity index (χ3v) is 1.78. The van der Waals surface area contributed by atoms with Crippen molar-refractivity contribution in [2.75, 3.05) is 0 Å². The minimum absolute atomic E-state index is 0.0262. The predicted molar refractivity (Wildman–Crippen MR) is 66.2 cm³/mol. The number of nitrogens with one attached hydrogen (secondary N) is 1. The van der Waals surface area contributed by atoms with E-state index in [-0.39, 0.29) is 6.10 Å². The van der Waals surface area contributed by atoms with Crippen molar-refractivity contribution in [2.24, 2.45) is 0 Å². The van der Waals surface area contributed by atoms with Crippen molar-refractivity contribution >= 4 is 6.09 Å². The van der Waals surface area contributed by atoms with Crippen molar-refractivity contribution in [3.8, 4) is 11.5 Å². The highest BCUT2D eigenvalue weighted by atomic mass is 16.6. The Morgan fingerprint density at radius 1 is 1.29 bits per heavy atom. The van der Waals surface area contributed by atoms with Crippen LogP contribution in [-0.4, -0.2) is 12.2 Å². The topological polar surface area (TPSA) is 47.6 Å². The van der Waals surface area contributed by atoms with Gasteiger partial charge in [-0.15, -0.1) is 0 Å². The number of carbonyl (C=O) groups is 1. The van der Waals surface area contributed by atoms with Crippen LogP contribution in [0.5, 0.6) is 11.5 Å². The van der Waals surface area contributed by atoms with E-state index in [2.05, 4.69) is 5.32 Å². The van der Waals surface area contributed by atoms with E-state index < -0.39 is 6.09 Å². The second-order valence-corrected chi connectivity index (χ2v) is 3.65. The van der Waals surface area contributed by atoms with Crippen LogP contribution in [0.2, 0.25) is 0 Å². The van der Waals surface area contributed by atoms with Gasteiger partial charge in [-0.05, 0) is 32.9 Å². The van der Waals surface area contributed by atoms with Crippen LogP contribution in [0.1, 0.15) is 20.8 Å². The van der Waals surface area contributed by atoms with Crippen LogP contribution in [0.4, 0.5) is 4.79 Å². The van der Waals surface area contributed by atoms with Crippen LogP contribution in [-0.2, 0) is 0 Å².